The van der Waals surface area contributed by atoms with Crippen LogP contribution < -0.4 is 0 Å². The molecule has 0 unspecified atom stereocenters. The quantitative estimate of drug-likeness (QED) is 0.714. The average molecular weight is 263 g/mol. The minimum atomic E-state index is -0.574. The molecule has 14 heavy (non-hydrogen) atoms. The van der Waals surface area contributed by atoms with E-state index in [-0.39, 0.29) is 0 Å². The van der Waals surface area contributed by atoms with Gasteiger partial charge in [0, 0.05) is 9.76 Å². The van der Waals surface area contributed by atoms with E-state index in [0.29, 0.717) is 0 Å². The lowest BCUT2D eigenvalue weighted by Crippen LogP contribution is -2.03. The van der Waals surface area contributed by atoms with Crippen molar-refractivity contribution in [3.05, 3.63) is 21.0 Å². The van der Waals surface area contributed by atoms with Crippen LogP contribution in [-0.4, -0.2) is 16.4 Å². The average Bonchev–Trinajstić information content (AvgIpc) is 2.03. The Kier molecular flexibility index (Phi) is 7.29. The summed E-state index contributed by atoms with van der Waals surface area (Å²) in [5.41, 5.74) is 2.97. The number of hydrogen-bond acceptors (Lipinski definition) is 2. The van der Waals surface area contributed by atoms with Gasteiger partial charge >= 0.3 is 0 Å². The van der Waals surface area contributed by atoms with Crippen LogP contribution >= 0.6 is 22.4 Å². The summed E-state index contributed by atoms with van der Waals surface area (Å²) in [4.78, 5) is 3.09. The molecule has 0 heterocycles. The number of rotatable bonds is 4. The maximum atomic E-state index is 2.26. The molecule has 82 valence electrons. The Bertz CT molecular complexity index is 223. The fraction of sp³-hybridized carbons (Fsp3) is 0.600. The first kappa shape index (κ1) is 14.6. The molecule has 0 rings (SSSR count). The van der Waals surface area contributed by atoms with E-state index in [1.165, 1.54) is 20.9 Å². The molecular formula is C10H22S2Si2. The van der Waals surface area contributed by atoms with Crippen LogP contribution in [0.2, 0.25) is 0 Å². The second-order valence-corrected chi connectivity index (χ2v) is 21.8. The summed E-state index contributed by atoms with van der Waals surface area (Å²) >= 11 is 4.32. The summed E-state index contributed by atoms with van der Waals surface area (Å²) in [7, 11) is 1.37. The molecule has 0 saturated carbocycles. The smallest absolute Gasteiger partial charge is 0.150 e. The summed E-state index contributed by atoms with van der Waals surface area (Å²) in [6.45, 7) is 12.8. The normalized spacial score (nSPS) is 10.5. The van der Waals surface area contributed by atoms with Gasteiger partial charge in [-0.15, -0.1) is 0 Å². The maximum absolute atomic E-state index is 2.26. The van der Waals surface area contributed by atoms with Crippen LogP contribution in [0.3, 0.4) is 0 Å². The zero-order valence-corrected chi connectivity index (χ0v) is 15.2. The second kappa shape index (κ2) is 6.98. The van der Waals surface area contributed by atoms with Gasteiger partial charge in [-0.3, -0.25) is 0 Å². The molecule has 0 fully saturated rings. The van der Waals surface area contributed by atoms with E-state index >= 15 is 0 Å². The molecule has 0 amide bonds. The fourth-order valence-corrected chi connectivity index (χ4v) is 16.2. The molecule has 0 radical (unpaired) electrons. The minimum absolute atomic E-state index is 0.574. The van der Waals surface area contributed by atoms with Crippen molar-refractivity contribution in [2.24, 2.45) is 0 Å². The van der Waals surface area contributed by atoms with Gasteiger partial charge in [0.2, 0.25) is 0 Å². The van der Waals surface area contributed by atoms with E-state index in [1.807, 2.05) is 0 Å². The van der Waals surface area contributed by atoms with Crippen LogP contribution in [0.1, 0.15) is 41.5 Å². The molecule has 0 nitrogen and oxygen atoms in total. The van der Waals surface area contributed by atoms with Crippen LogP contribution in [0, 0.1) is 0 Å². The lowest BCUT2D eigenvalue weighted by atomic mass is 10.3. The van der Waals surface area contributed by atoms with Crippen LogP contribution in [0.15, 0.2) is 21.0 Å². The third-order valence-electron chi connectivity index (χ3n) is 2.09. The molecule has 0 saturated heterocycles. The zero-order chi connectivity index (χ0) is 11.3. The summed E-state index contributed by atoms with van der Waals surface area (Å²) in [5.74, 6) is 0. The van der Waals surface area contributed by atoms with Crippen molar-refractivity contribution in [1.82, 2.24) is 0 Å². The molecule has 0 spiro atoms. The molecule has 0 bridgehead atoms. The molecule has 0 aliphatic rings. The number of hydrogen-bond donors (Lipinski definition) is 0. The highest BCUT2D eigenvalue weighted by Crippen LogP contribution is 2.31. The zero-order valence-electron chi connectivity index (χ0n) is 10.4. The van der Waals surface area contributed by atoms with Crippen molar-refractivity contribution in [2.75, 3.05) is 0 Å². The van der Waals surface area contributed by atoms with E-state index in [9.17, 15) is 0 Å². The largest absolute Gasteiger partial charge is 0.152 e. The Balaban J connectivity index is 4.20. The van der Waals surface area contributed by atoms with Crippen molar-refractivity contribution in [1.29, 1.82) is 0 Å². The van der Waals surface area contributed by atoms with Gasteiger partial charge in [-0.2, -0.15) is 22.4 Å². The summed E-state index contributed by atoms with van der Waals surface area (Å²) in [6.07, 6.45) is 0. The summed E-state index contributed by atoms with van der Waals surface area (Å²) < 4.78 is 0. The van der Waals surface area contributed by atoms with Gasteiger partial charge < -0.3 is 0 Å². The standard InChI is InChI=1S/C10H22S2Si2/c1-7(2)9(5)11-14(13)12-10(6)8(3)4/h14H,1-6,13H3. The predicted octanol–water partition coefficient (Wildman–Crippen LogP) is 3.16. The fourth-order valence-electron chi connectivity index (χ4n) is 0.758. The molecule has 0 aromatic heterocycles. The Morgan fingerprint density at radius 2 is 1.07 bits per heavy atom. The van der Waals surface area contributed by atoms with E-state index in [4.69, 9.17) is 0 Å². The molecule has 4 heteroatoms. The lowest BCUT2D eigenvalue weighted by molar-refractivity contribution is 1.35. The van der Waals surface area contributed by atoms with Crippen molar-refractivity contribution >= 4 is 38.8 Å². The Morgan fingerprint density at radius 1 is 0.786 bits per heavy atom. The van der Waals surface area contributed by atoms with E-state index in [1.54, 1.807) is 9.81 Å². The van der Waals surface area contributed by atoms with E-state index in [2.05, 4.69) is 64.0 Å². The Labute approximate surface area is 101 Å². The highest BCUT2D eigenvalue weighted by atomic mass is 32.6. The third-order valence-corrected chi connectivity index (χ3v) is 14.4. The minimum Gasteiger partial charge on any atom is -0.150 e. The SMILES string of the molecule is CC(C)=C(C)S[SiH]([SiH3])SC(C)=C(C)C. The second-order valence-electron chi connectivity index (χ2n) is 3.92. The van der Waals surface area contributed by atoms with Crippen molar-refractivity contribution in [2.45, 2.75) is 41.5 Å². The van der Waals surface area contributed by atoms with Gasteiger partial charge in [0.05, 0.1) is 0 Å². The summed E-state index contributed by atoms with van der Waals surface area (Å²) in [6, 6.07) is 0. The van der Waals surface area contributed by atoms with Crippen molar-refractivity contribution in [3.8, 4) is 0 Å². The van der Waals surface area contributed by atoms with E-state index in [0.717, 1.165) is 0 Å². The van der Waals surface area contributed by atoms with Gasteiger partial charge in [0.25, 0.3) is 0 Å². The molecule has 0 aromatic carbocycles. The summed E-state index contributed by atoms with van der Waals surface area (Å²) in [5, 5.41) is 0. The van der Waals surface area contributed by atoms with Gasteiger partial charge in [-0.1, -0.05) is 11.1 Å². The molecule has 0 aliphatic heterocycles. The van der Waals surface area contributed by atoms with Crippen LogP contribution in [0.25, 0.3) is 0 Å². The highest BCUT2D eigenvalue weighted by molar-refractivity contribution is 8.60. The van der Waals surface area contributed by atoms with Crippen LogP contribution in [-0.2, 0) is 0 Å². The Hall–Kier alpha value is 0.614. The number of allylic oxidation sites excluding steroid dienone is 4. The van der Waals surface area contributed by atoms with Gasteiger partial charge in [0.1, 0.15) is 0 Å². The Morgan fingerprint density at radius 3 is 1.29 bits per heavy atom. The van der Waals surface area contributed by atoms with Crippen LogP contribution in [0.4, 0.5) is 0 Å². The lowest BCUT2D eigenvalue weighted by Gasteiger charge is -2.12. The monoisotopic (exact) mass is 262 g/mol. The molecular weight excluding hydrogens is 240 g/mol. The van der Waals surface area contributed by atoms with Gasteiger partial charge in [-0.05, 0) is 51.4 Å². The van der Waals surface area contributed by atoms with Crippen LogP contribution in [0.5, 0.6) is 0 Å². The first-order valence-electron chi connectivity index (χ1n) is 4.96. The first-order chi connectivity index (χ1) is 6.34. The van der Waals surface area contributed by atoms with E-state index < -0.39 is 6.61 Å². The van der Waals surface area contributed by atoms with Crippen molar-refractivity contribution in [3.63, 3.8) is 0 Å². The van der Waals surface area contributed by atoms with Gasteiger partial charge in [-0.25, -0.2) is 0 Å². The topological polar surface area (TPSA) is 0 Å². The molecule has 0 aliphatic carbocycles. The highest BCUT2D eigenvalue weighted by Gasteiger charge is 2.08. The molecule has 0 N–H and O–H groups in total. The first-order valence-corrected chi connectivity index (χ1v) is 14.2. The predicted molar refractivity (Wildman–Crippen MR) is 80.4 cm³/mol. The van der Waals surface area contributed by atoms with Gasteiger partial charge in [0.15, 0.2) is 6.61 Å². The molecule has 0 aromatic rings. The third kappa shape index (κ3) is 6.16. The molecule has 0 atom stereocenters. The maximum Gasteiger partial charge on any atom is 0.152 e. The van der Waals surface area contributed by atoms with Crippen molar-refractivity contribution < 1.29 is 0 Å².